The van der Waals surface area contributed by atoms with E-state index in [9.17, 15) is 19.4 Å². The lowest BCUT2D eigenvalue weighted by molar-refractivity contribution is -0.870. The van der Waals surface area contributed by atoms with Crippen molar-refractivity contribution < 1.29 is 32.9 Å². The number of amides is 1. The number of carbonyl (C=O) groups excluding carboxylic acids is 1. The first kappa shape index (κ1) is 48.5. The summed E-state index contributed by atoms with van der Waals surface area (Å²) >= 11 is 0. The minimum atomic E-state index is -4.30. The summed E-state index contributed by atoms with van der Waals surface area (Å²) in [6.45, 7) is 4.89. The number of unbranched alkanes of at least 4 members (excludes halogenated alkanes) is 25. The van der Waals surface area contributed by atoms with Crippen LogP contribution in [-0.4, -0.2) is 73.4 Å². The largest absolute Gasteiger partial charge is 0.472 e. The van der Waals surface area contributed by atoms with Crippen LogP contribution in [0.5, 0.6) is 0 Å². The molecule has 0 aliphatic heterocycles. The predicted molar refractivity (Wildman–Crippen MR) is 208 cm³/mol. The molecule has 0 saturated heterocycles. The van der Waals surface area contributed by atoms with Crippen molar-refractivity contribution in [3.05, 3.63) is 0 Å². The van der Waals surface area contributed by atoms with Gasteiger partial charge in [0.15, 0.2) is 0 Å². The first-order valence-corrected chi connectivity index (χ1v) is 22.4. The Labute approximate surface area is 304 Å². The summed E-state index contributed by atoms with van der Waals surface area (Å²) in [5, 5.41) is 13.9. The third-order valence-electron chi connectivity index (χ3n) is 9.61. The molecule has 0 aromatic heterocycles. The summed E-state index contributed by atoms with van der Waals surface area (Å²) in [5.41, 5.74) is 0. The highest BCUT2D eigenvalue weighted by Crippen LogP contribution is 2.43. The first-order chi connectivity index (χ1) is 23.5. The number of aliphatic hydroxyl groups is 1. The second-order valence-electron chi connectivity index (χ2n) is 15.7. The summed E-state index contributed by atoms with van der Waals surface area (Å²) < 4.78 is 23.6. The molecule has 49 heavy (non-hydrogen) atoms. The Balaban J connectivity index is 4.39. The van der Waals surface area contributed by atoms with Crippen LogP contribution in [0.4, 0.5) is 0 Å². The number of phosphoric acid groups is 1. The maximum absolute atomic E-state index is 12.8. The van der Waals surface area contributed by atoms with Crippen molar-refractivity contribution in [1.82, 2.24) is 5.32 Å². The molecule has 9 heteroatoms. The molecule has 0 radical (unpaired) electrons. The van der Waals surface area contributed by atoms with E-state index in [4.69, 9.17) is 9.05 Å². The van der Waals surface area contributed by atoms with Gasteiger partial charge in [-0.25, -0.2) is 4.57 Å². The van der Waals surface area contributed by atoms with Crippen molar-refractivity contribution in [2.75, 3.05) is 40.9 Å². The molecule has 294 valence electrons. The smallest absolute Gasteiger partial charge is 0.391 e. The van der Waals surface area contributed by atoms with Gasteiger partial charge in [0.2, 0.25) is 5.91 Å². The minimum Gasteiger partial charge on any atom is -0.391 e. The van der Waals surface area contributed by atoms with Gasteiger partial charge in [-0.2, -0.15) is 0 Å². The summed E-state index contributed by atoms with van der Waals surface area (Å²) in [7, 11) is 1.62. The number of hydrogen-bond acceptors (Lipinski definition) is 5. The van der Waals surface area contributed by atoms with Crippen LogP contribution in [0.25, 0.3) is 0 Å². The third kappa shape index (κ3) is 35.7. The number of aliphatic hydroxyl groups excluding tert-OH is 1. The zero-order valence-corrected chi connectivity index (χ0v) is 34.1. The van der Waals surface area contributed by atoms with E-state index in [1.165, 1.54) is 135 Å². The fourth-order valence-corrected chi connectivity index (χ4v) is 6.96. The van der Waals surface area contributed by atoms with Gasteiger partial charge in [0.25, 0.3) is 0 Å². The van der Waals surface area contributed by atoms with E-state index in [2.05, 4.69) is 19.2 Å². The van der Waals surface area contributed by atoms with Crippen LogP contribution in [0, 0.1) is 0 Å². The zero-order chi connectivity index (χ0) is 36.5. The van der Waals surface area contributed by atoms with Gasteiger partial charge < -0.3 is 19.8 Å². The summed E-state index contributed by atoms with van der Waals surface area (Å²) in [5.74, 6) is -0.143. The number of nitrogens with one attached hydrogen (secondary N) is 1. The van der Waals surface area contributed by atoms with E-state index in [1.807, 2.05) is 21.1 Å². The molecule has 0 aromatic carbocycles. The lowest BCUT2D eigenvalue weighted by Crippen LogP contribution is -2.46. The van der Waals surface area contributed by atoms with Gasteiger partial charge in [-0.3, -0.25) is 13.8 Å². The van der Waals surface area contributed by atoms with E-state index < -0.39 is 20.0 Å². The molecule has 3 N–H and O–H groups in total. The number of carbonyl (C=O) groups is 1. The number of rotatable bonds is 38. The highest BCUT2D eigenvalue weighted by atomic mass is 31.2. The van der Waals surface area contributed by atoms with Crippen molar-refractivity contribution >= 4 is 13.7 Å². The first-order valence-electron chi connectivity index (χ1n) is 20.9. The van der Waals surface area contributed by atoms with Gasteiger partial charge in [-0.1, -0.05) is 181 Å². The maximum atomic E-state index is 12.8. The van der Waals surface area contributed by atoms with E-state index in [-0.39, 0.29) is 19.1 Å². The van der Waals surface area contributed by atoms with Gasteiger partial charge in [0.1, 0.15) is 13.2 Å². The normalized spacial score (nSPS) is 14.5. The molecular weight excluding hydrogens is 635 g/mol. The molecule has 1 amide bonds. The molecule has 0 aromatic rings. The molecule has 0 fully saturated rings. The Hall–Kier alpha value is -0.500. The standard InChI is InChI=1S/C40H83N2O6P/c1-6-8-10-12-14-16-18-20-22-23-25-27-29-31-33-39(43)38(37-48-49(45,46)47-36-35-42(3,4)5)41-40(44)34-32-30-28-26-24-21-19-17-15-13-11-9-7-2/h38-39,43H,6-37H2,1-5H3,(H-,41,44,45,46)/p+1/t38-,39+/m0/s1. The van der Waals surface area contributed by atoms with Gasteiger partial charge in [0.05, 0.1) is 39.9 Å². The van der Waals surface area contributed by atoms with Crippen LogP contribution in [-0.2, 0) is 18.4 Å². The summed E-state index contributed by atoms with van der Waals surface area (Å²) in [4.78, 5) is 23.1. The highest BCUT2D eigenvalue weighted by Gasteiger charge is 2.28. The molecule has 0 heterocycles. The molecule has 0 saturated carbocycles. The fourth-order valence-electron chi connectivity index (χ4n) is 6.22. The lowest BCUT2D eigenvalue weighted by atomic mass is 10.0. The Morgan fingerprint density at radius 1 is 0.612 bits per heavy atom. The second-order valence-corrected chi connectivity index (χ2v) is 17.2. The lowest BCUT2D eigenvalue weighted by Gasteiger charge is -2.26. The van der Waals surface area contributed by atoms with Crippen LogP contribution >= 0.6 is 7.82 Å². The van der Waals surface area contributed by atoms with E-state index in [0.29, 0.717) is 23.9 Å². The Morgan fingerprint density at radius 3 is 1.37 bits per heavy atom. The van der Waals surface area contributed by atoms with Crippen molar-refractivity contribution in [3.63, 3.8) is 0 Å². The molecule has 0 aliphatic carbocycles. The summed E-state index contributed by atoms with van der Waals surface area (Å²) in [6, 6.07) is -0.751. The maximum Gasteiger partial charge on any atom is 0.472 e. The molecule has 0 spiro atoms. The van der Waals surface area contributed by atoms with E-state index in [1.54, 1.807) is 0 Å². The van der Waals surface area contributed by atoms with Crippen LogP contribution < -0.4 is 5.32 Å². The van der Waals surface area contributed by atoms with Gasteiger partial charge in [0, 0.05) is 6.42 Å². The quantitative estimate of drug-likeness (QED) is 0.0333. The molecule has 1 unspecified atom stereocenters. The van der Waals surface area contributed by atoms with Gasteiger partial charge in [-0.15, -0.1) is 0 Å². The monoisotopic (exact) mass is 720 g/mol. The van der Waals surface area contributed by atoms with Crippen molar-refractivity contribution in [3.8, 4) is 0 Å². The van der Waals surface area contributed by atoms with Crippen molar-refractivity contribution in [2.45, 2.75) is 212 Å². The predicted octanol–water partition coefficient (Wildman–Crippen LogP) is 11.0. The molecular formula is C40H84N2O6P+. The Morgan fingerprint density at radius 2 is 0.980 bits per heavy atom. The number of quaternary nitrogens is 1. The summed E-state index contributed by atoms with van der Waals surface area (Å²) in [6.07, 6.45) is 34.0. The van der Waals surface area contributed by atoms with Crippen LogP contribution in [0.15, 0.2) is 0 Å². The molecule has 3 atom stereocenters. The van der Waals surface area contributed by atoms with Gasteiger partial charge >= 0.3 is 7.82 Å². The Kier molecular flexibility index (Phi) is 33.0. The fraction of sp³-hybridized carbons (Fsp3) is 0.975. The minimum absolute atomic E-state index is 0.0783. The average molecular weight is 720 g/mol. The molecule has 0 aliphatic rings. The average Bonchev–Trinajstić information content (AvgIpc) is 3.04. The van der Waals surface area contributed by atoms with E-state index in [0.717, 1.165) is 38.5 Å². The zero-order valence-electron chi connectivity index (χ0n) is 33.2. The molecule has 0 rings (SSSR count). The Bertz CT molecular complexity index is 778. The second kappa shape index (κ2) is 33.3. The van der Waals surface area contributed by atoms with Gasteiger partial charge in [-0.05, 0) is 12.8 Å². The SMILES string of the molecule is CCCCCCCCCCCCCCCC[C@@H](O)[C@H](COP(=O)(O)OCC[N+](C)(C)C)NC(=O)CCCCCCCCCCCCCCC. The molecule has 0 bridgehead atoms. The van der Waals surface area contributed by atoms with Crippen molar-refractivity contribution in [2.24, 2.45) is 0 Å². The van der Waals surface area contributed by atoms with Crippen LogP contribution in [0.1, 0.15) is 200 Å². The highest BCUT2D eigenvalue weighted by molar-refractivity contribution is 7.47. The number of phosphoric ester groups is 1. The number of nitrogens with zero attached hydrogens (tertiary/aromatic N) is 1. The van der Waals surface area contributed by atoms with Crippen LogP contribution in [0.3, 0.4) is 0 Å². The topological polar surface area (TPSA) is 105 Å². The number of likely N-dealkylation sites (N-methyl/N-ethyl adjacent to an activating group) is 1. The molecule has 8 nitrogen and oxygen atoms in total. The van der Waals surface area contributed by atoms with E-state index >= 15 is 0 Å². The number of hydrogen-bond donors (Lipinski definition) is 3. The van der Waals surface area contributed by atoms with Crippen molar-refractivity contribution in [1.29, 1.82) is 0 Å². The third-order valence-corrected chi connectivity index (χ3v) is 10.6. The van der Waals surface area contributed by atoms with Crippen LogP contribution in [0.2, 0.25) is 0 Å².